The molecule has 12 heteroatoms. The molecule has 12 nitrogen and oxygen atoms in total. The highest BCUT2D eigenvalue weighted by Gasteiger charge is 2.53. The van der Waals surface area contributed by atoms with Crippen LogP contribution in [0.4, 0.5) is 0 Å². The van der Waals surface area contributed by atoms with E-state index in [4.69, 9.17) is 33.2 Å². The number of hydrogen-bond acceptors (Lipinski definition) is 12. The third kappa shape index (κ3) is 8.31. The minimum atomic E-state index is -1.53. The van der Waals surface area contributed by atoms with Crippen molar-refractivity contribution in [1.29, 1.82) is 0 Å². The predicted molar refractivity (Wildman–Crippen MR) is 119 cm³/mol. The minimum absolute atomic E-state index is 0.0596. The SMILES string of the molecule is CCOC(=O)[C@H](O[C@@H]1O[C@@H](COC(C)=O)[C@@H](OC(C)=O)[C@@H](OC(C)=O)[C@H]1OC(C)=O)c1ccccc1. The van der Waals surface area contributed by atoms with Crippen LogP contribution < -0.4 is 0 Å². The average molecular weight is 510 g/mol. The van der Waals surface area contributed by atoms with Crippen molar-refractivity contribution in [1.82, 2.24) is 0 Å². The van der Waals surface area contributed by atoms with Crippen LogP contribution in [0.1, 0.15) is 46.3 Å². The lowest BCUT2D eigenvalue weighted by Crippen LogP contribution is -2.63. The first kappa shape index (κ1) is 28.7. The van der Waals surface area contributed by atoms with Crippen molar-refractivity contribution in [2.45, 2.75) is 71.4 Å². The number of ether oxygens (including phenoxy) is 7. The number of rotatable bonds is 10. The molecule has 1 aromatic rings. The highest BCUT2D eigenvalue weighted by molar-refractivity contribution is 5.76. The van der Waals surface area contributed by atoms with Crippen molar-refractivity contribution >= 4 is 29.8 Å². The van der Waals surface area contributed by atoms with Crippen LogP contribution >= 0.6 is 0 Å². The molecule has 1 heterocycles. The zero-order valence-corrected chi connectivity index (χ0v) is 20.7. The molecule has 0 bridgehead atoms. The van der Waals surface area contributed by atoms with Gasteiger partial charge < -0.3 is 33.2 Å². The van der Waals surface area contributed by atoms with Crippen LogP contribution in [0.5, 0.6) is 0 Å². The number of carbonyl (C=O) groups excluding carboxylic acids is 5. The van der Waals surface area contributed by atoms with Crippen LogP contribution in [0, 0.1) is 0 Å². The van der Waals surface area contributed by atoms with E-state index in [2.05, 4.69) is 0 Å². The van der Waals surface area contributed by atoms with Crippen LogP contribution in [0.15, 0.2) is 30.3 Å². The molecule has 6 atom stereocenters. The molecule has 1 aliphatic heterocycles. The lowest BCUT2D eigenvalue weighted by molar-refractivity contribution is -0.316. The summed E-state index contributed by atoms with van der Waals surface area (Å²) in [5.74, 6) is -3.75. The van der Waals surface area contributed by atoms with Crippen molar-refractivity contribution < 1.29 is 57.1 Å². The van der Waals surface area contributed by atoms with Gasteiger partial charge in [0.25, 0.3) is 0 Å². The summed E-state index contributed by atoms with van der Waals surface area (Å²) in [6.45, 7) is 5.74. The molecule has 0 amide bonds. The molecular formula is C24H30O12. The normalized spacial score (nSPS) is 24.1. The summed E-state index contributed by atoms with van der Waals surface area (Å²) in [7, 11) is 0. The average Bonchev–Trinajstić information content (AvgIpc) is 2.79. The minimum Gasteiger partial charge on any atom is -0.464 e. The number of esters is 5. The zero-order valence-electron chi connectivity index (χ0n) is 20.7. The van der Waals surface area contributed by atoms with Crippen LogP contribution in [-0.4, -0.2) is 73.8 Å². The summed E-state index contributed by atoms with van der Waals surface area (Å²) >= 11 is 0. The van der Waals surface area contributed by atoms with Gasteiger partial charge in [-0.1, -0.05) is 30.3 Å². The van der Waals surface area contributed by atoms with Gasteiger partial charge in [0.05, 0.1) is 6.61 Å². The topological polar surface area (TPSA) is 150 Å². The first-order chi connectivity index (χ1) is 17.0. The fraction of sp³-hybridized carbons (Fsp3) is 0.542. The Labute approximate surface area is 208 Å². The van der Waals surface area contributed by atoms with E-state index in [0.717, 1.165) is 27.7 Å². The molecule has 1 aliphatic rings. The Balaban J connectivity index is 2.53. The van der Waals surface area contributed by atoms with Crippen molar-refractivity contribution in [3.05, 3.63) is 35.9 Å². The second-order valence-corrected chi connectivity index (χ2v) is 7.75. The van der Waals surface area contributed by atoms with Gasteiger partial charge in [0.15, 0.2) is 24.4 Å². The Bertz CT molecular complexity index is 930. The van der Waals surface area contributed by atoms with E-state index in [1.165, 1.54) is 0 Å². The van der Waals surface area contributed by atoms with Gasteiger partial charge in [0, 0.05) is 27.7 Å². The zero-order chi connectivity index (χ0) is 26.8. The molecule has 0 N–H and O–H groups in total. The van der Waals surface area contributed by atoms with Crippen LogP contribution in [0.2, 0.25) is 0 Å². The molecule has 0 radical (unpaired) electrons. The Morgan fingerprint density at radius 3 is 1.86 bits per heavy atom. The van der Waals surface area contributed by atoms with Crippen molar-refractivity contribution in [3.63, 3.8) is 0 Å². The van der Waals surface area contributed by atoms with Crippen molar-refractivity contribution in [2.75, 3.05) is 13.2 Å². The molecule has 198 valence electrons. The summed E-state index contributed by atoms with van der Waals surface area (Å²) in [4.78, 5) is 60.0. The van der Waals surface area contributed by atoms with Gasteiger partial charge in [-0.05, 0) is 12.5 Å². The smallest absolute Gasteiger partial charge is 0.340 e. The predicted octanol–water partition coefficient (Wildman–Crippen LogP) is 1.39. The fourth-order valence-corrected chi connectivity index (χ4v) is 3.55. The summed E-state index contributed by atoms with van der Waals surface area (Å²) < 4.78 is 38.1. The second kappa shape index (κ2) is 13.5. The third-order valence-electron chi connectivity index (χ3n) is 4.82. The standard InChI is InChI=1S/C24H30O12/c1-6-30-23(29)19(17-10-8-7-9-11-17)36-24-22(34-16(5)28)21(33-15(4)27)20(32-14(3)26)18(35-24)12-31-13(2)25/h7-11,18-22,24H,6,12H2,1-5H3/t18-,19+,20+,21+,22+,24-/m0/s1. The van der Waals surface area contributed by atoms with Crippen LogP contribution in [-0.2, 0) is 57.1 Å². The van der Waals surface area contributed by atoms with Crippen LogP contribution in [0.3, 0.4) is 0 Å². The van der Waals surface area contributed by atoms with Gasteiger partial charge in [0.2, 0.25) is 6.29 Å². The molecule has 1 aromatic carbocycles. The first-order valence-corrected chi connectivity index (χ1v) is 11.2. The second-order valence-electron chi connectivity index (χ2n) is 7.75. The Morgan fingerprint density at radius 2 is 1.33 bits per heavy atom. The van der Waals surface area contributed by atoms with E-state index in [9.17, 15) is 24.0 Å². The monoisotopic (exact) mass is 510 g/mol. The highest BCUT2D eigenvalue weighted by Crippen LogP contribution is 2.33. The molecule has 0 spiro atoms. The fourth-order valence-electron chi connectivity index (χ4n) is 3.55. The van der Waals surface area contributed by atoms with Gasteiger partial charge in [-0.25, -0.2) is 4.79 Å². The molecule has 0 saturated carbocycles. The van der Waals surface area contributed by atoms with Gasteiger partial charge in [-0.15, -0.1) is 0 Å². The third-order valence-corrected chi connectivity index (χ3v) is 4.82. The van der Waals surface area contributed by atoms with E-state index < -0.39 is 73.3 Å². The highest BCUT2D eigenvalue weighted by atomic mass is 16.7. The maximum atomic E-state index is 12.8. The Hall–Kier alpha value is -3.51. The van der Waals surface area contributed by atoms with Crippen molar-refractivity contribution in [3.8, 4) is 0 Å². The lowest BCUT2D eigenvalue weighted by atomic mass is 9.97. The van der Waals surface area contributed by atoms with Crippen LogP contribution in [0.25, 0.3) is 0 Å². The maximum Gasteiger partial charge on any atom is 0.340 e. The summed E-state index contributed by atoms with van der Waals surface area (Å²) in [6.07, 6.45) is -8.30. The van der Waals surface area contributed by atoms with E-state index in [0.29, 0.717) is 5.56 Å². The van der Waals surface area contributed by atoms with Gasteiger partial charge in [0.1, 0.15) is 12.7 Å². The van der Waals surface area contributed by atoms with E-state index in [1.807, 2.05) is 0 Å². The molecule has 0 aliphatic carbocycles. The molecule has 1 fully saturated rings. The van der Waals surface area contributed by atoms with E-state index in [1.54, 1.807) is 37.3 Å². The van der Waals surface area contributed by atoms with Gasteiger partial charge >= 0.3 is 29.8 Å². The van der Waals surface area contributed by atoms with Gasteiger partial charge in [-0.3, -0.25) is 19.2 Å². The van der Waals surface area contributed by atoms with Gasteiger partial charge in [-0.2, -0.15) is 0 Å². The Kier molecular flexibility index (Phi) is 10.8. The summed E-state index contributed by atoms with van der Waals surface area (Å²) in [5.41, 5.74) is 0.406. The van der Waals surface area contributed by atoms with E-state index in [-0.39, 0.29) is 6.61 Å². The summed E-state index contributed by atoms with van der Waals surface area (Å²) in [5, 5.41) is 0. The summed E-state index contributed by atoms with van der Waals surface area (Å²) in [6, 6.07) is 8.33. The van der Waals surface area contributed by atoms with E-state index >= 15 is 0 Å². The quantitative estimate of drug-likeness (QED) is 0.330. The number of hydrogen-bond donors (Lipinski definition) is 0. The number of benzene rings is 1. The molecule has 0 aromatic heterocycles. The number of carbonyl (C=O) groups is 5. The molecule has 1 saturated heterocycles. The van der Waals surface area contributed by atoms with Crippen molar-refractivity contribution in [2.24, 2.45) is 0 Å². The molecule has 2 rings (SSSR count). The largest absolute Gasteiger partial charge is 0.464 e. The Morgan fingerprint density at radius 1 is 0.778 bits per heavy atom. The molecular weight excluding hydrogens is 480 g/mol. The first-order valence-electron chi connectivity index (χ1n) is 11.2. The lowest BCUT2D eigenvalue weighted by Gasteiger charge is -2.44. The molecule has 36 heavy (non-hydrogen) atoms. The maximum absolute atomic E-state index is 12.8. The molecule has 0 unspecified atom stereocenters.